The average molecular weight is 307 g/mol. The van der Waals surface area contributed by atoms with Gasteiger partial charge in [-0.05, 0) is 12.1 Å². The summed E-state index contributed by atoms with van der Waals surface area (Å²) in [6.07, 6.45) is 3.55. The van der Waals surface area contributed by atoms with E-state index in [9.17, 15) is 0 Å². The fourth-order valence-electron chi connectivity index (χ4n) is 2.79. The van der Waals surface area contributed by atoms with E-state index >= 15 is 0 Å². The predicted octanol–water partition coefficient (Wildman–Crippen LogP) is 3.31. The molecule has 5 nitrogen and oxygen atoms in total. The van der Waals surface area contributed by atoms with Crippen LogP contribution in [0.2, 0.25) is 0 Å². The van der Waals surface area contributed by atoms with E-state index in [1.807, 2.05) is 42.6 Å². The van der Waals surface area contributed by atoms with E-state index in [0.29, 0.717) is 22.7 Å². The van der Waals surface area contributed by atoms with E-state index in [0.717, 1.165) is 22.4 Å². The molecule has 0 N–H and O–H groups in total. The van der Waals surface area contributed by atoms with Crippen molar-refractivity contribution in [3.63, 3.8) is 0 Å². The fraction of sp³-hybridized carbons (Fsp3) is 0. The van der Waals surface area contributed by atoms with Crippen LogP contribution in [0.1, 0.15) is 16.8 Å². The molecule has 0 atom stereocenters. The summed E-state index contributed by atoms with van der Waals surface area (Å²) in [4.78, 5) is 13.1. The van der Waals surface area contributed by atoms with E-state index in [-0.39, 0.29) is 0 Å². The average Bonchev–Trinajstić information content (AvgIpc) is 2.96. The van der Waals surface area contributed by atoms with Crippen molar-refractivity contribution in [2.24, 2.45) is 4.99 Å². The number of aromatic nitrogens is 2. The Bertz CT molecular complexity index is 1070. The first kappa shape index (κ1) is 13.8. The topological polar surface area (TPSA) is 85.7 Å². The summed E-state index contributed by atoms with van der Waals surface area (Å²) in [6.45, 7) is 0. The highest BCUT2D eigenvalue weighted by Crippen LogP contribution is 2.35. The van der Waals surface area contributed by atoms with E-state index < -0.39 is 0 Å². The summed E-state index contributed by atoms with van der Waals surface area (Å²) in [5.41, 5.74) is 5.81. The Morgan fingerprint density at radius 3 is 2.33 bits per heavy atom. The SMILES string of the molecule is N#CN=C1c2ccccc2-c2ncc(-c3ccc(C#N)cc3)nc21. The first-order valence-electron chi connectivity index (χ1n) is 7.26. The molecule has 1 heterocycles. The zero-order valence-electron chi connectivity index (χ0n) is 12.4. The minimum atomic E-state index is 0.547. The zero-order chi connectivity index (χ0) is 16.5. The molecule has 0 fully saturated rings. The molecule has 0 spiro atoms. The number of hydrogen-bond donors (Lipinski definition) is 0. The van der Waals surface area contributed by atoms with Gasteiger partial charge in [0.05, 0.1) is 29.2 Å². The Morgan fingerprint density at radius 1 is 0.875 bits per heavy atom. The van der Waals surface area contributed by atoms with E-state index in [4.69, 9.17) is 10.5 Å². The lowest BCUT2D eigenvalue weighted by atomic mass is 10.1. The predicted molar refractivity (Wildman–Crippen MR) is 88.9 cm³/mol. The zero-order valence-corrected chi connectivity index (χ0v) is 12.4. The van der Waals surface area contributed by atoms with Crippen LogP contribution in [-0.2, 0) is 0 Å². The normalized spacial score (nSPS) is 13.0. The van der Waals surface area contributed by atoms with Crippen molar-refractivity contribution in [3.05, 3.63) is 71.5 Å². The Hall–Kier alpha value is -3.83. The van der Waals surface area contributed by atoms with Crippen molar-refractivity contribution in [3.8, 4) is 34.8 Å². The van der Waals surface area contributed by atoms with Gasteiger partial charge in [0.25, 0.3) is 0 Å². The molecule has 0 unspecified atom stereocenters. The molecule has 0 saturated carbocycles. The largest absolute Gasteiger partial charge is 0.252 e. The molecule has 5 heteroatoms. The van der Waals surface area contributed by atoms with Crippen molar-refractivity contribution >= 4 is 5.71 Å². The number of rotatable bonds is 1. The highest BCUT2D eigenvalue weighted by atomic mass is 14.9. The Balaban J connectivity index is 1.89. The van der Waals surface area contributed by atoms with E-state index in [2.05, 4.69) is 21.0 Å². The molecule has 0 aliphatic heterocycles. The molecule has 24 heavy (non-hydrogen) atoms. The van der Waals surface area contributed by atoms with Crippen LogP contribution in [0, 0.1) is 22.8 Å². The number of benzene rings is 2. The van der Waals surface area contributed by atoms with Crippen LogP contribution in [0.4, 0.5) is 0 Å². The van der Waals surface area contributed by atoms with E-state index in [1.165, 1.54) is 0 Å². The molecular weight excluding hydrogens is 298 g/mol. The fourth-order valence-corrected chi connectivity index (χ4v) is 2.79. The van der Waals surface area contributed by atoms with Gasteiger partial charge in [-0.15, -0.1) is 0 Å². The van der Waals surface area contributed by atoms with Gasteiger partial charge in [-0.3, -0.25) is 4.98 Å². The molecule has 0 amide bonds. The number of fused-ring (bicyclic) bond motifs is 3. The monoisotopic (exact) mass is 307 g/mol. The second-order valence-electron chi connectivity index (χ2n) is 5.25. The van der Waals surface area contributed by atoms with Gasteiger partial charge in [-0.2, -0.15) is 15.5 Å². The van der Waals surface area contributed by atoms with Crippen LogP contribution in [0.5, 0.6) is 0 Å². The van der Waals surface area contributed by atoms with Gasteiger partial charge in [0.1, 0.15) is 11.4 Å². The lowest BCUT2D eigenvalue weighted by Crippen LogP contribution is -2.02. The second kappa shape index (κ2) is 5.42. The maximum absolute atomic E-state index is 9.01. The first-order valence-corrected chi connectivity index (χ1v) is 7.26. The van der Waals surface area contributed by atoms with Crippen molar-refractivity contribution < 1.29 is 0 Å². The molecular formula is C19H9N5. The van der Waals surface area contributed by atoms with E-state index in [1.54, 1.807) is 18.3 Å². The van der Waals surface area contributed by atoms with Gasteiger partial charge < -0.3 is 0 Å². The molecule has 4 rings (SSSR count). The summed E-state index contributed by atoms with van der Waals surface area (Å²) < 4.78 is 0. The summed E-state index contributed by atoms with van der Waals surface area (Å²) in [6, 6.07) is 16.9. The third kappa shape index (κ3) is 2.05. The Morgan fingerprint density at radius 2 is 1.62 bits per heavy atom. The molecule has 0 saturated heterocycles. The standard InChI is InChI=1S/C19H9N5/c20-9-12-5-7-13(8-6-12)16-10-22-17-14-3-1-2-4-15(14)18(23-11-21)19(17)24-16/h1-8,10H. The summed E-state index contributed by atoms with van der Waals surface area (Å²) >= 11 is 0. The van der Waals surface area contributed by atoms with Crippen molar-refractivity contribution in [2.45, 2.75) is 0 Å². The maximum Gasteiger partial charge on any atom is 0.206 e. The molecule has 1 aliphatic carbocycles. The van der Waals surface area contributed by atoms with Crippen LogP contribution in [0.3, 0.4) is 0 Å². The minimum absolute atomic E-state index is 0.547. The number of nitriles is 2. The van der Waals surface area contributed by atoms with Crippen molar-refractivity contribution in [1.29, 1.82) is 10.5 Å². The minimum Gasteiger partial charge on any atom is -0.252 e. The van der Waals surface area contributed by atoms with Crippen LogP contribution in [0.25, 0.3) is 22.5 Å². The Kier molecular flexibility index (Phi) is 3.12. The van der Waals surface area contributed by atoms with Crippen LogP contribution in [-0.4, -0.2) is 15.7 Å². The Labute approximate surface area is 138 Å². The highest BCUT2D eigenvalue weighted by molar-refractivity contribution is 6.23. The van der Waals surface area contributed by atoms with Crippen molar-refractivity contribution in [1.82, 2.24) is 9.97 Å². The van der Waals surface area contributed by atoms with Crippen LogP contribution in [0.15, 0.2) is 59.7 Å². The number of nitrogens with zero attached hydrogens (tertiary/aromatic N) is 5. The molecule has 1 aliphatic rings. The number of aliphatic imine (C=N–C) groups is 1. The highest BCUT2D eigenvalue weighted by Gasteiger charge is 2.28. The summed E-state index contributed by atoms with van der Waals surface area (Å²) in [5, 5.41) is 17.9. The van der Waals surface area contributed by atoms with Gasteiger partial charge in [0, 0.05) is 16.7 Å². The molecule has 2 aromatic carbocycles. The van der Waals surface area contributed by atoms with Gasteiger partial charge in [-0.25, -0.2) is 4.98 Å². The quantitative estimate of drug-likeness (QED) is 0.505. The van der Waals surface area contributed by atoms with Gasteiger partial charge in [0.2, 0.25) is 6.19 Å². The molecule has 0 bridgehead atoms. The maximum atomic E-state index is 9.01. The van der Waals surface area contributed by atoms with Gasteiger partial charge in [-0.1, -0.05) is 36.4 Å². The van der Waals surface area contributed by atoms with Crippen LogP contribution >= 0.6 is 0 Å². The third-order valence-corrected chi connectivity index (χ3v) is 3.91. The molecule has 110 valence electrons. The molecule has 0 radical (unpaired) electrons. The third-order valence-electron chi connectivity index (χ3n) is 3.91. The molecule has 3 aromatic rings. The lowest BCUT2D eigenvalue weighted by molar-refractivity contribution is 1.20. The summed E-state index contributed by atoms with van der Waals surface area (Å²) in [7, 11) is 0. The first-order chi connectivity index (χ1) is 11.8. The van der Waals surface area contributed by atoms with Gasteiger partial charge >= 0.3 is 0 Å². The van der Waals surface area contributed by atoms with Gasteiger partial charge in [0.15, 0.2) is 0 Å². The number of hydrogen-bond acceptors (Lipinski definition) is 5. The second-order valence-corrected chi connectivity index (χ2v) is 5.25. The lowest BCUT2D eigenvalue weighted by Gasteiger charge is -2.04. The van der Waals surface area contributed by atoms with Crippen LogP contribution < -0.4 is 0 Å². The van der Waals surface area contributed by atoms with Crippen molar-refractivity contribution in [2.75, 3.05) is 0 Å². The molecule has 1 aromatic heterocycles. The summed E-state index contributed by atoms with van der Waals surface area (Å²) in [5.74, 6) is 0. The smallest absolute Gasteiger partial charge is 0.206 e.